The van der Waals surface area contributed by atoms with E-state index in [4.69, 9.17) is 66.2 Å². The monoisotopic (exact) mass is 1730 g/mol. The fourth-order valence-corrected chi connectivity index (χ4v) is 17.5. The van der Waals surface area contributed by atoms with E-state index in [0.29, 0.717) is 162 Å². The largest absolute Gasteiger partial charge is 0.398 e. The lowest BCUT2D eigenvalue weighted by molar-refractivity contribution is -0.131. The van der Waals surface area contributed by atoms with Crippen LogP contribution in [0.25, 0.3) is 67.2 Å². The Morgan fingerprint density at radius 1 is 0.484 bits per heavy atom. The number of nitrogens with two attached hydrogens (primary N) is 2. The highest BCUT2D eigenvalue weighted by atomic mass is 35.5. The van der Waals surface area contributed by atoms with Crippen LogP contribution in [0.3, 0.4) is 0 Å². The number of amides is 3. The molecule has 15 rings (SSSR count). The standard InChI is InChI=1S/C33H36ClFN6O.C31H34ClN7O2.C30H33ClN8O2/c1-9-29(42)39-16-20(5)40(17-19(39)4)32-25-14-27(34)30(24-12-10-11-13-28(24)35)38-33(25)41(23(8)37-32)31-21(6)22(7)36-15-26(31)18(2)3;1-7-25(40)37-15-20(6)38(16-19(37)5)29-22-14-23(32)27(21-10-8-9-11-24(21)33)35-30(22)39(31(41)36-29)28-18(4)12-13-34-26(28)17(2)3;1-7-23(40)37-14-19(6)38(15-18(37)5)28-21-13-22(31)25(20-9-8-11-34-27(20)32)35-29(21)39(30(41)36-28)26-17(4)10-12-33-24(26)16(2)3/h9-15,18-20H,1,8,16-17H2,2-7H3;7-14,17,19-20H,1,15-16,33H2,2-6H3;7-13,16,18-19H,1,14-15H2,2-6H3,(H2,32,34). The van der Waals surface area contributed by atoms with Gasteiger partial charge in [0.2, 0.25) is 17.7 Å². The quantitative estimate of drug-likeness (QED) is 0.0755. The van der Waals surface area contributed by atoms with Crippen LogP contribution in [0.15, 0.2) is 181 Å². The second-order valence-electron chi connectivity index (χ2n) is 33.0. The number of carbonyl (C=O) groups excluding carboxylic acids is 3. The number of aliphatic imine (C=N–C) groups is 1. The minimum atomic E-state index is -0.491. The average Bonchev–Trinajstić information content (AvgIpc) is 0.762. The SMILES string of the molecule is C=CC(=O)N1CC(C)N(C2=NC(=C)N(c3c(C(C)C)cnc(C)c3C)c3nc(-c4ccccc4F)c(Cl)cc32)CC1C.C=CC(=O)N1CC(C)N(c2nc(=O)n(-c3c(C)ccnc3C(C)C)c3nc(-c4ccccc4N)c(Cl)cc23)CC1C.C=CC(=O)N1CC(C)N(c2nc(=O)n(-c3c(C)ccnc3C(C)C)c3nc(-c4cccnc4N)c(Cl)cc23)CC1C. The summed E-state index contributed by atoms with van der Waals surface area (Å²) in [5, 5.41) is 2.26. The summed E-state index contributed by atoms with van der Waals surface area (Å²) in [5.74, 6) is 2.38. The van der Waals surface area contributed by atoms with Crippen molar-refractivity contribution >= 4 is 115 Å². The van der Waals surface area contributed by atoms with Crippen LogP contribution >= 0.6 is 34.8 Å². The van der Waals surface area contributed by atoms with E-state index < -0.39 is 17.2 Å². The van der Waals surface area contributed by atoms with Gasteiger partial charge in [0.25, 0.3) is 0 Å². The molecule has 4 aliphatic heterocycles. The Hall–Kier alpha value is -12.6. The molecular weight excluding hydrogens is 1630 g/mol. The molecule has 6 unspecified atom stereocenters. The summed E-state index contributed by atoms with van der Waals surface area (Å²) in [6.45, 7) is 50.5. The Morgan fingerprint density at radius 3 is 1.38 bits per heavy atom. The molecule has 4 N–H and O–H groups in total. The Morgan fingerprint density at radius 2 is 0.919 bits per heavy atom. The zero-order chi connectivity index (χ0) is 89.6. The van der Waals surface area contributed by atoms with Gasteiger partial charge in [-0.2, -0.15) is 9.97 Å². The predicted octanol–water partition coefficient (Wildman–Crippen LogP) is 16.8. The molecule has 6 atom stereocenters. The van der Waals surface area contributed by atoms with Crippen LogP contribution in [-0.2, 0) is 14.4 Å². The van der Waals surface area contributed by atoms with Gasteiger partial charge in [0, 0.05) is 128 Å². The number of nitrogens with zero attached hydrogens (tertiary/aromatic N) is 19. The summed E-state index contributed by atoms with van der Waals surface area (Å²) in [4.78, 5) is 127. The molecule has 3 fully saturated rings. The van der Waals surface area contributed by atoms with E-state index in [0.717, 1.165) is 45.0 Å². The van der Waals surface area contributed by atoms with Gasteiger partial charge in [-0.1, -0.05) is 133 Å². The van der Waals surface area contributed by atoms with E-state index in [1.807, 2.05) is 153 Å². The number of benzene rings is 2. The molecule has 124 heavy (non-hydrogen) atoms. The number of amidine groups is 1. The summed E-state index contributed by atoms with van der Waals surface area (Å²) in [6, 6.07) is 25.9. The van der Waals surface area contributed by atoms with Crippen LogP contribution in [0.1, 0.15) is 146 Å². The van der Waals surface area contributed by atoms with Crippen LogP contribution in [0.5, 0.6) is 0 Å². The highest BCUT2D eigenvalue weighted by Crippen LogP contribution is 2.47. The molecule has 4 aliphatic rings. The summed E-state index contributed by atoms with van der Waals surface area (Å²) < 4.78 is 18.1. The molecule has 26 nitrogen and oxygen atoms in total. The van der Waals surface area contributed by atoms with Crippen molar-refractivity contribution in [1.29, 1.82) is 0 Å². The van der Waals surface area contributed by atoms with Gasteiger partial charge in [-0.15, -0.1) is 0 Å². The maximum absolute atomic E-state index is 15.1. The summed E-state index contributed by atoms with van der Waals surface area (Å²) in [5.41, 5.74) is 24.7. The lowest BCUT2D eigenvalue weighted by Crippen LogP contribution is -2.59. The molecular formula is C94H103Cl3FN21O5. The number of anilines is 6. The van der Waals surface area contributed by atoms with Crippen molar-refractivity contribution in [2.75, 3.05) is 65.4 Å². The Kier molecular flexibility index (Phi) is 26.2. The van der Waals surface area contributed by atoms with Crippen LogP contribution in [0, 0.1) is 33.5 Å². The van der Waals surface area contributed by atoms with Crippen molar-refractivity contribution in [2.24, 2.45) is 4.99 Å². The predicted molar refractivity (Wildman–Crippen MR) is 495 cm³/mol. The van der Waals surface area contributed by atoms with E-state index in [2.05, 4.69) is 86.8 Å². The Balaban J connectivity index is 0.000000160. The average molecular weight is 1730 g/mol. The molecule has 0 bridgehead atoms. The fourth-order valence-electron chi connectivity index (χ4n) is 16.8. The first-order chi connectivity index (χ1) is 59.0. The van der Waals surface area contributed by atoms with Gasteiger partial charge >= 0.3 is 11.4 Å². The number of halogens is 4. The first kappa shape index (κ1) is 89.2. The highest BCUT2D eigenvalue weighted by molar-refractivity contribution is 6.35. The molecule has 0 radical (unpaired) electrons. The van der Waals surface area contributed by atoms with Gasteiger partial charge < -0.3 is 40.9 Å². The molecule has 11 aromatic rings. The summed E-state index contributed by atoms with van der Waals surface area (Å²) in [7, 11) is 0. The van der Waals surface area contributed by atoms with Gasteiger partial charge in [0.1, 0.15) is 34.9 Å². The number of para-hydroxylation sites is 1. The molecule has 3 amide bonds. The second-order valence-corrected chi connectivity index (χ2v) is 34.2. The number of carbonyl (C=O) groups is 3. The number of fused-ring (bicyclic) bond motifs is 3. The van der Waals surface area contributed by atoms with Gasteiger partial charge in [-0.05, 0) is 188 Å². The van der Waals surface area contributed by atoms with Crippen molar-refractivity contribution < 1.29 is 18.8 Å². The minimum Gasteiger partial charge on any atom is -0.398 e. The van der Waals surface area contributed by atoms with Gasteiger partial charge in [-0.3, -0.25) is 34.2 Å². The molecule has 0 spiro atoms. The van der Waals surface area contributed by atoms with Crippen LogP contribution in [0.2, 0.25) is 15.1 Å². The molecule has 0 saturated carbocycles. The number of piperazine rings is 3. The van der Waals surface area contributed by atoms with E-state index in [1.54, 1.807) is 75.4 Å². The molecule has 3 saturated heterocycles. The van der Waals surface area contributed by atoms with Crippen molar-refractivity contribution in [1.82, 2.24) is 73.6 Å². The number of aryl methyl sites for hydroxylation is 3. The molecule has 2 aromatic carbocycles. The van der Waals surface area contributed by atoms with Gasteiger partial charge in [0.15, 0.2) is 17.1 Å². The third kappa shape index (κ3) is 17.0. The maximum Gasteiger partial charge on any atom is 0.355 e. The molecule has 9 aromatic heterocycles. The van der Waals surface area contributed by atoms with Crippen molar-refractivity contribution in [3.05, 3.63) is 253 Å². The first-order valence-corrected chi connectivity index (χ1v) is 42.5. The van der Waals surface area contributed by atoms with E-state index in [9.17, 15) is 24.0 Å². The van der Waals surface area contributed by atoms with Crippen molar-refractivity contribution in [3.8, 4) is 45.1 Å². The summed E-state index contributed by atoms with van der Waals surface area (Å²) in [6.07, 6.45) is 11.0. The lowest BCUT2D eigenvalue weighted by Gasteiger charge is -2.46. The maximum atomic E-state index is 15.1. The van der Waals surface area contributed by atoms with E-state index in [-0.39, 0.29) is 77.5 Å². The minimum absolute atomic E-state index is 0.0311. The molecule has 642 valence electrons. The highest BCUT2D eigenvalue weighted by Gasteiger charge is 2.41. The number of pyridine rings is 7. The van der Waals surface area contributed by atoms with E-state index >= 15 is 4.39 Å². The van der Waals surface area contributed by atoms with Crippen LogP contribution < -0.4 is 37.5 Å². The zero-order valence-electron chi connectivity index (χ0n) is 72.7. The number of rotatable bonds is 14. The number of hydrogen-bond acceptors (Lipinski definition) is 21. The first-order valence-electron chi connectivity index (χ1n) is 41.3. The summed E-state index contributed by atoms with van der Waals surface area (Å²) >= 11 is 20.6. The van der Waals surface area contributed by atoms with Crippen LogP contribution in [-0.4, -0.2) is 173 Å². The number of hydrogen-bond donors (Lipinski definition) is 2. The normalized spacial score (nSPS) is 17.8. The molecule has 0 aliphatic carbocycles. The topological polar surface area (TPSA) is 298 Å². The second kappa shape index (κ2) is 36.5. The smallest absolute Gasteiger partial charge is 0.355 e. The number of nitrogen functional groups attached to an aromatic ring is 2. The third-order valence-corrected chi connectivity index (χ3v) is 24.2. The van der Waals surface area contributed by atoms with Gasteiger partial charge in [-0.25, -0.2) is 48.0 Å². The fraction of sp³-hybridized carbons (Fsp3) is 0.330. The molecule has 13 heterocycles. The third-order valence-electron chi connectivity index (χ3n) is 23.4. The lowest BCUT2D eigenvalue weighted by atomic mass is 9.97. The molecule has 30 heteroatoms. The van der Waals surface area contributed by atoms with Crippen molar-refractivity contribution in [3.63, 3.8) is 0 Å². The van der Waals surface area contributed by atoms with Crippen LogP contribution in [0.4, 0.5) is 39.0 Å². The van der Waals surface area contributed by atoms with Gasteiger partial charge in [0.05, 0.1) is 76.9 Å². The van der Waals surface area contributed by atoms with E-state index in [1.165, 1.54) is 28.9 Å². The zero-order valence-corrected chi connectivity index (χ0v) is 74.9. The Labute approximate surface area is 736 Å². The Bertz CT molecular complexity index is 6030. The number of aromatic nitrogens is 11. The van der Waals surface area contributed by atoms with Crippen molar-refractivity contribution in [2.45, 2.75) is 165 Å².